The average molecular weight is 255 g/mol. The van der Waals surface area contributed by atoms with Crippen LogP contribution in [0.3, 0.4) is 0 Å². The van der Waals surface area contributed by atoms with Gasteiger partial charge >= 0.3 is 0 Å². The van der Waals surface area contributed by atoms with E-state index in [4.69, 9.17) is 4.74 Å². The number of hydrogen-bond acceptors (Lipinski definition) is 2. The van der Waals surface area contributed by atoms with Gasteiger partial charge in [-0.1, -0.05) is 39.2 Å². The molecule has 0 bridgehead atoms. The molecule has 18 heavy (non-hydrogen) atoms. The molecule has 0 aliphatic heterocycles. The molecule has 1 unspecified atom stereocenters. The minimum atomic E-state index is -0.0678. The first-order valence-corrected chi connectivity index (χ1v) is 7.13. The van der Waals surface area contributed by atoms with Crippen LogP contribution in [-0.2, 0) is 9.53 Å². The van der Waals surface area contributed by atoms with Gasteiger partial charge in [0, 0.05) is 18.7 Å². The Bertz CT molecular complexity index is 239. The monoisotopic (exact) mass is 255 g/mol. The van der Waals surface area contributed by atoms with Crippen LogP contribution in [0.5, 0.6) is 0 Å². The van der Waals surface area contributed by atoms with Crippen molar-refractivity contribution in [3.8, 4) is 0 Å². The van der Waals surface area contributed by atoms with Crippen LogP contribution in [0.4, 0.5) is 0 Å². The van der Waals surface area contributed by atoms with Crippen molar-refractivity contribution in [1.82, 2.24) is 5.32 Å². The molecule has 1 amide bonds. The highest BCUT2D eigenvalue weighted by molar-refractivity contribution is 5.91. The van der Waals surface area contributed by atoms with Crippen molar-refractivity contribution < 1.29 is 9.53 Å². The zero-order valence-electron chi connectivity index (χ0n) is 12.3. The van der Waals surface area contributed by atoms with Crippen molar-refractivity contribution in [2.45, 2.75) is 65.4 Å². The first-order chi connectivity index (χ1) is 8.57. The molecule has 0 aromatic heterocycles. The smallest absolute Gasteiger partial charge is 0.246 e. The molecule has 0 radical (unpaired) electrons. The molecule has 0 rings (SSSR count). The van der Waals surface area contributed by atoms with Crippen molar-refractivity contribution in [3.63, 3.8) is 0 Å². The van der Waals surface area contributed by atoms with Crippen molar-refractivity contribution in [2.24, 2.45) is 0 Å². The van der Waals surface area contributed by atoms with Gasteiger partial charge in [0.05, 0.1) is 6.10 Å². The van der Waals surface area contributed by atoms with E-state index in [9.17, 15) is 4.79 Å². The van der Waals surface area contributed by atoms with E-state index in [2.05, 4.69) is 25.7 Å². The topological polar surface area (TPSA) is 38.3 Å². The van der Waals surface area contributed by atoms with Crippen LogP contribution >= 0.6 is 0 Å². The maximum Gasteiger partial charge on any atom is 0.246 e. The van der Waals surface area contributed by atoms with Crippen LogP contribution in [0.1, 0.15) is 59.3 Å². The lowest BCUT2D eigenvalue weighted by Crippen LogP contribution is -2.27. The van der Waals surface area contributed by atoms with E-state index in [1.165, 1.54) is 25.7 Å². The summed E-state index contributed by atoms with van der Waals surface area (Å²) in [6, 6.07) is 0. The molecule has 0 saturated carbocycles. The number of carbonyl (C=O) groups excluding carboxylic acids is 1. The maximum absolute atomic E-state index is 11.2. The number of unbranched alkanes of at least 4 members (excludes halogenated alkanes) is 4. The Morgan fingerprint density at radius 3 is 2.56 bits per heavy atom. The third-order valence-corrected chi connectivity index (χ3v) is 2.87. The molecule has 106 valence electrons. The second kappa shape index (κ2) is 11.3. The van der Waals surface area contributed by atoms with Gasteiger partial charge in [-0.15, -0.1) is 0 Å². The molecule has 0 aromatic carbocycles. The molecular weight excluding hydrogens is 226 g/mol. The second-order valence-electron chi connectivity index (χ2n) is 4.92. The lowest BCUT2D eigenvalue weighted by Gasteiger charge is -2.13. The molecule has 1 N–H and O–H groups in total. The second-order valence-corrected chi connectivity index (χ2v) is 4.92. The fourth-order valence-corrected chi connectivity index (χ4v) is 1.61. The van der Waals surface area contributed by atoms with Gasteiger partial charge in [0.2, 0.25) is 5.91 Å². The summed E-state index contributed by atoms with van der Waals surface area (Å²) in [4.78, 5) is 11.2. The standard InChI is InChI=1S/C15H29NO2/c1-5-6-7-8-9-12-18-14(4)10-11-16-15(17)13(2)3/h14H,2,5-12H2,1,3-4H3,(H,16,17). The van der Waals surface area contributed by atoms with Crippen LogP contribution in [0.25, 0.3) is 0 Å². The number of nitrogens with one attached hydrogen (secondary N) is 1. The third-order valence-electron chi connectivity index (χ3n) is 2.87. The summed E-state index contributed by atoms with van der Waals surface area (Å²) in [6.45, 7) is 11.1. The number of amides is 1. The Morgan fingerprint density at radius 1 is 1.28 bits per heavy atom. The zero-order chi connectivity index (χ0) is 13.8. The highest BCUT2D eigenvalue weighted by Crippen LogP contribution is 2.04. The van der Waals surface area contributed by atoms with Crippen LogP contribution in [-0.4, -0.2) is 25.2 Å². The quantitative estimate of drug-likeness (QED) is 0.453. The zero-order valence-corrected chi connectivity index (χ0v) is 12.3. The SMILES string of the molecule is C=C(C)C(=O)NCCC(C)OCCCCCCC. The fourth-order valence-electron chi connectivity index (χ4n) is 1.61. The van der Waals surface area contributed by atoms with Crippen LogP contribution in [0.2, 0.25) is 0 Å². The molecule has 3 nitrogen and oxygen atoms in total. The van der Waals surface area contributed by atoms with E-state index >= 15 is 0 Å². The van der Waals surface area contributed by atoms with Crippen LogP contribution in [0.15, 0.2) is 12.2 Å². The number of carbonyl (C=O) groups is 1. The Balaban J connectivity index is 3.35. The minimum Gasteiger partial charge on any atom is -0.378 e. The largest absolute Gasteiger partial charge is 0.378 e. The van der Waals surface area contributed by atoms with Gasteiger partial charge in [0.25, 0.3) is 0 Å². The lowest BCUT2D eigenvalue weighted by atomic mass is 10.2. The summed E-state index contributed by atoms with van der Waals surface area (Å²) >= 11 is 0. The van der Waals surface area contributed by atoms with Gasteiger partial charge in [0.15, 0.2) is 0 Å². The number of hydrogen-bond donors (Lipinski definition) is 1. The van der Waals surface area contributed by atoms with Gasteiger partial charge in [-0.3, -0.25) is 4.79 Å². The molecule has 0 fully saturated rings. The highest BCUT2D eigenvalue weighted by Gasteiger charge is 2.04. The summed E-state index contributed by atoms with van der Waals surface area (Å²) in [5, 5.41) is 2.81. The van der Waals surface area contributed by atoms with Crippen molar-refractivity contribution in [3.05, 3.63) is 12.2 Å². The molecule has 0 aliphatic rings. The van der Waals surface area contributed by atoms with Gasteiger partial charge in [-0.2, -0.15) is 0 Å². The minimum absolute atomic E-state index is 0.0678. The first kappa shape index (κ1) is 17.2. The summed E-state index contributed by atoms with van der Waals surface area (Å²) in [5.74, 6) is -0.0678. The summed E-state index contributed by atoms with van der Waals surface area (Å²) < 4.78 is 5.69. The molecule has 0 aliphatic carbocycles. The maximum atomic E-state index is 11.2. The molecule has 3 heteroatoms. The molecule has 1 atom stereocenters. The third kappa shape index (κ3) is 10.3. The molecule has 0 spiro atoms. The van der Waals surface area contributed by atoms with Gasteiger partial charge < -0.3 is 10.1 Å². The van der Waals surface area contributed by atoms with E-state index in [1.54, 1.807) is 6.92 Å². The summed E-state index contributed by atoms with van der Waals surface area (Å²) in [5.41, 5.74) is 0.555. The van der Waals surface area contributed by atoms with Crippen molar-refractivity contribution in [2.75, 3.05) is 13.2 Å². The average Bonchev–Trinajstić information content (AvgIpc) is 2.33. The van der Waals surface area contributed by atoms with Gasteiger partial charge in [0.1, 0.15) is 0 Å². The molecule has 0 aromatic rings. The van der Waals surface area contributed by atoms with E-state index in [-0.39, 0.29) is 12.0 Å². The van der Waals surface area contributed by atoms with E-state index in [0.29, 0.717) is 12.1 Å². The normalized spacial score (nSPS) is 12.2. The first-order valence-electron chi connectivity index (χ1n) is 7.13. The van der Waals surface area contributed by atoms with Crippen LogP contribution < -0.4 is 5.32 Å². The van der Waals surface area contributed by atoms with E-state index in [0.717, 1.165) is 19.4 Å². The Labute approximate surface area is 112 Å². The van der Waals surface area contributed by atoms with Crippen LogP contribution in [0, 0.1) is 0 Å². The van der Waals surface area contributed by atoms with Gasteiger partial charge in [-0.05, 0) is 26.7 Å². The summed E-state index contributed by atoms with van der Waals surface area (Å²) in [7, 11) is 0. The number of ether oxygens (including phenoxy) is 1. The van der Waals surface area contributed by atoms with E-state index in [1.807, 2.05) is 0 Å². The molecule has 0 heterocycles. The Morgan fingerprint density at radius 2 is 1.94 bits per heavy atom. The fraction of sp³-hybridized carbons (Fsp3) is 0.800. The van der Waals surface area contributed by atoms with E-state index < -0.39 is 0 Å². The predicted molar refractivity (Wildman–Crippen MR) is 76.6 cm³/mol. The number of rotatable bonds is 11. The summed E-state index contributed by atoms with van der Waals surface area (Å²) in [6.07, 6.45) is 7.37. The molecule has 0 saturated heterocycles. The van der Waals surface area contributed by atoms with Crippen molar-refractivity contribution >= 4 is 5.91 Å². The Hall–Kier alpha value is -0.830. The van der Waals surface area contributed by atoms with Gasteiger partial charge in [-0.25, -0.2) is 0 Å². The molecular formula is C15H29NO2. The predicted octanol–water partition coefficient (Wildman–Crippen LogP) is 3.44. The lowest BCUT2D eigenvalue weighted by molar-refractivity contribution is -0.117. The Kier molecular flexibility index (Phi) is 10.8. The van der Waals surface area contributed by atoms with Crippen molar-refractivity contribution in [1.29, 1.82) is 0 Å². The highest BCUT2D eigenvalue weighted by atomic mass is 16.5.